The molecule has 1 nitrogen and oxygen atoms in total. The third-order valence-electron chi connectivity index (χ3n) is 3.18. The molecule has 1 heterocycles. The smallest absolute Gasteiger partial charge is 0.00120 e. The molecule has 12 heavy (non-hydrogen) atoms. The van der Waals surface area contributed by atoms with Crippen LogP contribution in [-0.4, -0.2) is 24.5 Å². The van der Waals surface area contributed by atoms with E-state index in [4.69, 9.17) is 0 Å². The van der Waals surface area contributed by atoms with Gasteiger partial charge in [0.15, 0.2) is 0 Å². The van der Waals surface area contributed by atoms with Crippen LogP contribution < -0.4 is 0 Å². The number of rotatable bonds is 2. The molecule has 1 heteroatoms. The van der Waals surface area contributed by atoms with Crippen molar-refractivity contribution in [2.24, 2.45) is 11.8 Å². The lowest BCUT2D eigenvalue weighted by molar-refractivity contribution is 0.228. The van der Waals surface area contributed by atoms with Crippen molar-refractivity contribution in [3.8, 4) is 0 Å². The summed E-state index contributed by atoms with van der Waals surface area (Å²) in [6.07, 6.45) is 4.31. The summed E-state index contributed by atoms with van der Waals surface area (Å²) >= 11 is 0. The first-order valence-electron chi connectivity index (χ1n) is 5.46. The summed E-state index contributed by atoms with van der Waals surface area (Å²) in [6.45, 7) is 10.9. The maximum Gasteiger partial charge on any atom is 0.00120 e. The lowest BCUT2D eigenvalue weighted by atomic mass is 9.91. The average Bonchev–Trinajstić information content (AvgIpc) is 2.28. The molecule has 0 aromatic heterocycles. The Morgan fingerprint density at radius 3 is 2.67 bits per heavy atom. The summed E-state index contributed by atoms with van der Waals surface area (Å²) in [7, 11) is 0. The number of likely N-dealkylation sites (tertiary alicyclic amines) is 1. The van der Waals surface area contributed by atoms with Gasteiger partial charge >= 0.3 is 0 Å². The van der Waals surface area contributed by atoms with Crippen LogP contribution in [0.3, 0.4) is 0 Å². The second kappa shape index (κ2) is 4.86. The van der Waals surface area contributed by atoms with Gasteiger partial charge in [-0.1, -0.05) is 27.2 Å². The lowest BCUT2D eigenvalue weighted by Gasteiger charge is -2.25. The van der Waals surface area contributed by atoms with E-state index in [1.165, 1.54) is 38.9 Å². The van der Waals surface area contributed by atoms with Gasteiger partial charge in [-0.3, -0.25) is 0 Å². The van der Waals surface area contributed by atoms with E-state index in [0.717, 1.165) is 11.8 Å². The Morgan fingerprint density at radius 2 is 2.08 bits per heavy atom. The van der Waals surface area contributed by atoms with Crippen molar-refractivity contribution in [2.75, 3.05) is 19.6 Å². The summed E-state index contributed by atoms with van der Waals surface area (Å²) in [5, 5.41) is 0. The van der Waals surface area contributed by atoms with Crippen molar-refractivity contribution in [3.63, 3.8) is 0 Å². The number of hydrogen-bond acceptors (Lipinski definition) is 1. The summed E-state index contributed by atoms with van der Waals surface area (Å²) < 4.78 is 0. The van der Waals surface area contributed by atoms with Gasteiger partial charge in [0.25, 0.3) is 0 Å². The molecule has 1 saturated heterocycles. The molecular weight excluding hydrogens is 146 g/mol. The van der Waals surface area contributed by atoms with E-state index in [1.54, 1.807) is 0 Å². The van der Waals surface area contributed by atoms with Crippen LogP contribution in [0.1, 0.15) is 40.0 Å². The Kier molecular flexibility index (Phi) is 4.07. The summed E-state index contributed by atoms with van der Waals surface area (Å²) in [5.74, 6) is 1.82. The molecule has 0 radical (unpaired) electrons. The molecule has 72 valence electrons. The van der Waals surface area contributed by atoms with Crippen LogP contribution in [0.15, 0.2) is 0 Å². The van der Waals surface area contributed by atoms with E-state index in [1.807, 2.05) is 0 Å². The Balaban J connectivity index is 2.42. The second-order valence-electron chi connectivity index (χ2n) is 4.39. The molecule has 1 atom stereocenters. The standard InChI is InChI=1S/C11H23N/c1-4-12-8-6-5-7-11(9-12)10(2)3/h10-11H,4-9H2,1-3H3. The van der Waals surface area contributed by atoms with Gasteiger partial charge in [-0.15, -0.1) is 0 Å². The zero-order chi connectivity index (χ0) is 8.97. The van der Waals surface area contributed by atoms with Gasteiger partial charge in [-0.25, -0.2) is 0 Å². The first-order valence-corrected chi connectivity index (χ1v) is 5.46. The zero-order valence-electron chi connectivity index (χ0n) is 8.84. The Bertz CT molecular complexity index is 120. The maximum absolute atomic E-state index is 2.61. The van der Waals surface area contributed by atoms with Gasteiger partial charge in [-0.05, 0) is 37.8 Å². The van der Waals surface area contributed by atoms with E-state index < -0.39 is 0 Å². The minimum Gasteiger partial charge on any atom is -0.303 e. The van der Waals surface area contributed by atoms with Crippen molar-refractivity contribution in [2.45, 2.75) is 40.0 Å². The van der Waals surface area contributed by atoms with Crippen LogP contribution in [0.5, 0.6) is 0 Å². The van der Waals surface area contributed by atoms with Crippen LogP contribution >= 0.6 is 0 Å². The summed E-state index contributed by atoms with van der Waals surface area (Å²) in [5.41, 5.74) is 0. The van der Waals surface area contributed by atoms with Gasteiger partial charge in [0.1, 0.15) is 0 Å². The van der Waals surface area contributed by atoms with E-state index in [-0.39, 0.29) is 0 Å². The molecule has 1 unspecified atom stereocenters. The number of nitrogens with zero attached hydrogens (tertiary/aromatic N) is 1. The molecule has 0 spiro atoms. The first-order chi connectivity index (χ1) is 5.74. The highest BCUT2D eigenvalue weighted by atomic mass is 15.1. The SMILES string of the molecule is CCN1CCCCC(C(C)C)C1. The second-order valence-corrected chi connectivity index (χ2v) is 4.39. The summed E-state index contributed by atoms with van der Waals surface area (Å²) in [6, 6.07) is 0. The van der Waals surface area contributed by atoms with E-state index in [2.05, 4.69) is 25.7 Å². The van der Waals surface area contributed by atoms with Crippen molar-refractivity contribution in [1.82, 2.24) is 4.90 Å². The van der Waals surface area contributed by atoms with Crippen LogP contribution in [-0.2, 0) is 0 Å². The zero-order valence-corrected chi connectivity index (χ0v) is 8.84. The fourth-order valence-corrected chi connectivity index (χ4v) is 2.09. The average molecular weight is 169 g/mol. The fraction of sp³-hybridized carbons (Fsp3) is 1.00. The highest BCUT2D eigenvalue weighted by Gasteiger charge is 2.19. The highest BCUT2D eigenvalue weighted by molar-refractivity contribution is 4.72. The minimum atomic E-state index is 0.872. The lowest BCUT2D eigenvalue weighted by Crippen LogP contribution is -2.30. The van der Waals surface area contributed by atoms with Gasteiger partial charge in [0.05, 0.1) is 0 Å². The predicted molar refractivity (Wildman–Crippen MR) is 54.3 cm³/mol. The van der Waals surface area contributed by atoms with Gasteiger partial charge in [0.2, 0.25) is 0 Å². The predicted octanol–water partition coefficient (Wildman–Crippen LogP) is 2.76. The Morgan fingerprint density at radius 1 is 1.33 bits per heavy atom. The third kappa shape index (κ3) is 2.78. The highest BCUT2D eigenvalue weighted by Crippen LogP contribution is 2.22. The molecule has 1 rings (SSSR count). The first kappa shape index (κ1) is 10.0. The van der Waals surface area contributed by atoms with Gasteiger partial charge in [-0.2, -0.15) is 0 Å². The van der Waals surface area contributed by atoms with Crippen LogP contribution in [0.4, 0.5) is 0 Å². The maximum atomic E-state index is 2.61. The Labute approximate surface area is 77.1 Å². The quantitative estimate of drug-likeness (QED) is 0.614. The molecular formula is C11H23N. The molecule has 0 amide bonds. The molecule has 0 aliphatic carbocycles. The monoisotopic (exact) mass is 169 g/mol. The van der Waals surface area contributed by atoms with Crippen LogP contribution in [0, 0.1) is 11.8 Å². The largest absolute Gasteiger partial charge is 0.303 e. The van der Waals surface area contributed by atoms with Crippen molar-refractivity contribution < 1.29 is 0 Å². The van der Waals surface area contributed by atoms with E-state index >= 15 is 0 Å². The van der Waals surface area contributed by atoms with Crippen molar-refractivity contribution >= 4 is 0 Å². The number of hydrogen-bond donors (Lipinski definition) is 0. The summed E-state index contributed by atoms with van der Waals surface area (Å²) in [4.78, 5) is 2.61. The van der Waals surface area contributed by atoms with Gasteiger partial charge in [0, 0.05) is 6.54 Å². The molecule has 0 aromatic rings. The molecule has 1 fully saturated rings. The van der Waals surface area contributed by atoms with E-state index in [0.29, 0.717) is 0 Å². The Hall–Kier alpha value is -0.0400. The van der Waals surface area contributed by atoms with Crippen LogP contribution in [0.2, 0.25) is 0 Å². The third-order valence-corrected chi connectivity index (χ3v) is 3.18. The fourth-order valence-electron chi connectivity index (χ4n) is 2.09. The van der Waals surface area contributed by atoms with Gasteiger partial charge < -0.3 is 4.90 Å². The van der Waals surface area contributed by atoms with E-state index in [9.17, 15) is 0 Å². The molecule has 0 saturated carbocycles. The molecule has 0 N–H and O–H groups in total. The molecule has 0 aromatic carbocycles. The van der Waals surface area contributed by atoms with Crippen molar-refractivity contribution in [3.05, 3.63) is 0 Å². The van der Waals surface area contributed by atoms with Crippen LogP contribution in [0.25, 0.3) is 0 Å². The topological polar surface area (TPSA) is 3.24 Å². The molecule has 0 bridgehead atoms. The van der Waals surface area contributed by atoms with Crippen molar-refractivity contribution in [1.29, 1.82) is 0 Å². The molecule has 1 aliphatic heterocycles. The normalized spacial score (nSPS) is 27.5. The minimum absolute atomic E-state index is 0.872. The molecule has 1 aliphatic rings.